The first kappa shape index (κ1) is 16.4. The molecule has 2 saturated heterocycles. The lowest BCUT2D eigenvalue weighted by Gasteiger charge is -2.46. The number of β-lactam (4-membered cyclic amide) rings is 1. The van der Waals surface area contributed by atoms with E-state index in [4.69, 9.17) is 11.6 Å². The number of imide groups is 1. The van der Waals surface area contributed by atoms with Gasteiger partial charge in [-0.05, 0) is 19.1 Å². The van der Waals surface area contributed by atoms with Crippen molar-refractivity contribution >= 4 is 47.1 Å². The van der Waals surface area contributed by atoms with Gasteiger partial charge in [0.15, 0.2) is 0 Å². The molecule has 0 radical (unpaired) electrons. The van der Waals surface area contributed by atoms with Gasteiger partial charge in [-0.1, -0.05) is 12.1 Å². The van der Waals surface area contributed by atoms with Crippen LogP contribution in [0.3, 0.4) is 0 Å². The Morgan fingerprint density at radius 3 is 2.28 bits per heavy atom. The first-order valence-electron chi connectivity index (χ1n) is 7.57. The number of amides is 3. The third-order valence-corrected chi connectivity index (χ3v) is 7.25. The Hall–Kier alpha value is -2.06. The quantitative estimate of drug-likeness (QED) is 0.478. The van der Waals surface area contributed by atoms with Gasteiger partial charge in [0.2, 0.25) is 0 Å². The van der Waals surface area contributed by atoms with Gasteiger partial charge >= 0.3 is 5.97 Å². The zero-order valence-electron chi connectivity index (χ0n) is 13.0. The van der Waals surface area contributed by atoms with Crippen LogP contribution >= 0.6 is 23.4 Å². The molecule has 3 aliphatic rings. The monoisotopic (exact) mass is 380 g/mol. The third-order valence-electron chi connectivity index (χ3n) is 4.90. The van der Waals surface area contributed by atoms with Crippen LogP contribution in [0.1, 0.15) is 27.6 Å². The molecule has 0 aliphatic carbocycles. The van der Waals surface area contributed by atoms with E-state index in [1.807, 2.05) is 0 Å². The van der Waals surface area contributed by atoms with Gasteiger partial charge in [-0.2, -0.15) is 0 Å². The summed E-state index contributed by atoms with van der Waals surface area (Å²) < 4.78 is -0.888. The lowest BCUT2D eigenvalue weighted by molar-refractivity contribution is -0.162. The van der Waals surface area contributed by atoms with Crippen LogP contribution in [-0.2, 0) is 9.59 Å². The molecule has 4 atom stereocenters. The molecule has 1 aromatic rings. The number of carbonyl (C=O) groups is 4. The van der Waals surface area contributed by atoms with Gasteiger partial charge < -0.3 is 10.0 Å². The maximum atomic E-state index is 12.7. The minimum Gasteiger partial charge on any atom is -0.480 e. The van der Waals surface area contributed by atoms with Crippen molar-refractivity contribution in [2.45, 2.75) is 29.1 Å². The highest BCUT2D eigenvalue weighted by Gasteiger charge is 2.68. The average Bonchev–Trinajstić information content (AvgIpc) is 3.01. The Morgan fingerprint density at radius 1 is 1.24 bits per heavy atom. The van der Waals surface area contributed by atoms with Crippen LogP contribution in [0.2, 0.25) is 0 Å². The highest BCUT2D eigenvalue weighted by atomic mass is 35.5. The number of carbonyl (C=O) groups excluding carboxylic acids is 3. The minimum absolute atomic E-state index is 0.0315. The highest BCUT2D eigenvalue weighted by molar-refractivity contribution is 8.01. The van der Waals surface area contributed by atoms with E-state index < -0.39 is 45.9 Å². The fourth-order valence-electron chi connectivity index (χ4n) is 3.68. The van der Waals surface area contributed by atoms with E-state index in [1.165, 1.54) is 16.7 Å². The number of carboxylic acids is 1. The van der Waals surface area contributed by atoms with Crippen molar-refractivity contribution in [1.82, 2.24) is 9.80 Å². The molecule has 0 spiro atoms. The van der Waals surface area contributed by atoms with Crippen LogP contribution in [-0.4, -0.2) is 66.7 Å². The standard InChI is InChI=1S/C16H13ClN2O5S/c1-16(6-17)10(15(23)24)19-13(22)9(14(19)25-16)18-11(20)7-4-2-3-5-8(7)12(18)21/h2-5,9-10,14H,6H2,1H3,(H,23,24). The van der Waals surface area contributed by atoms with Crippen LogP contribution < -0.4 is 0 Å². The summed E-state index contributed by atoms with van der Waals surface area (Å²) in [6.07, 6.45) is 0. The molecule has 3 amide bonds. The summed E-state index contributed by atoms with van der Waals surface area (Å²) in [6.45, 7) is 1.68. The molecular formula is C16H13ClN2O5S. The van der Waals surface area contributed by atoms with E-state index in [0.29, 0.717) is 0 Å². The second-order valence-electron chi connectivity index (χ2n) is 6.41. The van der Waals surface area contributed by atoms with Crippen molar-refractivity contribution in [2.24, 2.45) is 0 Å². The number of fused-ring (bicyclic) bond motifs is 2. The summed E-state index contributed by atoms with van der Waals surface area (Å²) in [6, 6.07) is 4.31. The Balaban J connectivity index is 1.70. The number of carboxylic acid groups (broad SMARTS) is 1. The van der Waals surface area contributed by atoms with Crippen molar-refractivity contribution in [2.75, 3.05) is 5.88 Å². The molecule has 7 nitrogen and oxygen atoms in total. The average molecular weight is 381 g/mol. The highest BCUT2D eigenvalue weighted by Crippen LogP contribution is 2.53. The van der Waals surface area contributed by atoms with Crippen LogP contribution in [0, 0.1) is 0 Å². The van der Waals surface area contributed by atoms with E-state index in [9.17, 15) is 24.3 Å². The molecule has 0 bridgehead atoms. The van der Waals surface area contributed by atoms with E-state index in [1.54, 1.807) is 31.2 Å². The van der Waals surface area contributed by atoms with Crippen molar-refractivity contribution in [3.05, 3.63) is 35.4 Å². The van der Waals surface area contributed by atoms with Crippen LogP contribution in [0.5, 0.6) is 0 Å². The molecule has 0 aromatic heterocycles. The zero-order valence-corrected chi connectivity index (χ0v) is 14.6. The van der Waals surface area contributed by atoms with Crippen LogP contribution in [0.4, 0.5) is 0 Å². The summed E-state index contributed by atoms with van der Waals surface area (Å²) in [5.41, 5.74) is 0.522. The second-order valence-corrected chi connectivity index (χ2v) is 8.33. The van der Waals surface area contributed by atoms with Gasteiger partial charge in [0, 0.05) is 5.88 Å². The van der Waals surface area contributed by atoms with E-state index in [0.717, 1.165) is 4.90 Å². The van der Waals surface area contributed by atoms with Gasteiger partial charge in [0.05, 0.1) is 15.9 Å². The summed E-state index contributed by atoms with van der Waals surface area (Å²) >= 11 is 7.19. The molecule has 2 fully saturated rings. The number of hydrogen-bond donors (Lipinski definition) is 1. The van der Waals surface area contributed by atoms with E-state index in [2.05, 4.69) is 0 Å². The molecule has 1 N–H and O–H groups in total. The van der Waals surface area contributed by atoms with Crippen molar-refractivity contribution < 1.29 is 24.3 Å². The molecule has 4 unspecified atom stereocenters. The van der Waals surface area contributed by atoms with Crippen molar-refractivity contribution in [3.63, 3.8) is 0 Å². The van der Waals surface area contributed by atoms with Gasteiger partial charge in [-0.25, -0.2) is 4.79 Å². The number of alkyl halides is 1. The lowest BCUT2D eigenvalue weighted by atomic mass is 9.95. The fraction of sp³-hybridized carbons (Fsp3) is 0.375. The summed E-state index contributed by atoms with van der Waals surface area (Å²) in [7, 11) is 0. The SMILES string of the molecule is CC1(CCl)SC2C(N3C(=O)c4ccccc4C3=O)C(=O)N2C1C(=O)O. The van der Waals surface area contributed by atoms with Gasteiger partial charge in [-0.3, -0.25) is 19.3 Å². The van der Waals surface area contributed by atoms with Crippen LogP contribution in [0.15, 0.2) is 24.3 Å². The molecular weight excluding hydrogens is 368 g/mol. The number of hydrogen-bond acceptors (Lipinski definition) is 5. The molecule has 3 aliphatic heterocycles. The summed E-state index contributed by atoms with van der Waals surface area (Å²) in [5, 5.41) is 8.91. The van der Waals surface area contributed by atoms with E-state index in [-0.39, 0.29) is 17.0 Å². The smallest absolute Gasteiger partial charge is 0.327 e. The van der Waals surface area contributed by atoms with Gasteiger partial charge in [0.1, 0.15) is 17.5 Å². The number of halogens is 1. The third kappa shape index (κ3) is 1.95. The molecule has 1 aromatic carbocycles. The predicted molar refractivity (Wildman–Crippen MR) is 89.5 cm³/mol. The topological polar surface area (TPSA) is 95.0 Å². The van der Waals surface area contributed by atoms with E-state index >= 15 is 0 Å². The van der Waals surface area contributed by atoms with Crippen molar-refractivity contribution in [1.29, 1.82) is 0 Å². The minimum atomic E-state index is -1.15. The Morgan fingerprint density at radius 2 is 1.80 bits per heavy atom. The lowest BCUT2D eigenvalue weighted by Crippen LogP contribution is -2.71. The molecule has 3 heterocycles. The van der Waals surface area contributed by atoms with Crippen molar-refractivity contribution in [3.8, 4) is 0 Å². The number of nitrogens with zero attached hydrogens (tertiary/aromatic N) is 2. The van der Waals surface area contributed by atoms with Crippen LogP contribution in [0.25, 0.3) is 0 Å². The maximum Gasteiger partial charge on any atom is 0.327 e. The van der Waals surface area contributed by atoms with Gasteiger partial charge in [-0.15, -0.1) is 23.4 Å². The summed E-state index contributed by atoms with van der Waals surface area (Å²) in [4.78, 5) is 51.7. The molecule has 0 saturated carbocycles. The Kier molecular flexibility index (Phi) is 3.42. The molecule has 130 valence electrons. The first-order valence-corrected chi connectivity index (χ1v) is 8.99. The second kappa shape index (κ2) is 5.22. The molecule has 9 heteroatoms. The Bertz CT molecular complexity index is 811. The zero-order chi connectivity index (χ0) is 18.1. The Labute approximate surface area is 151 Å². The molecule has 25 heavy (non-hydrogen) atoms. The number of benzene rings is 1. The predicted octanol–water partition coefficient (Wildman–Crippen LogP) is 1.02. The number of rotatable bonds is 3. The molecule has 4 rings (SSSR count). The number of aliphatic carboxylic acids is 1. The summed E-state index contributed by atoms with van der Waals surface area (Å²) in [5.74, 6) is -2.69. The normalized spacial score (nSPS) is 33.4. The maximum absolute atomic E-state index is 12.7. The largest absolute Gasteiger partial charge is 0.480 e. The fourth-order valence-corrected chi connectivity index (χ4v) is 5.68. The van der Waals surface area contributed by atoms with Gasteiger partial charge in [0.25, 0.3) is 17.7 Å². The number of thioether (sulfide) groups is 1. The first-order chi connectivity index (χ1) is 11.8.